The first-order valence-electron chi connectivity index (χ1n) is 13.3. The monoisotopic (exact) mass is 518 g/mol. The summed E-state index contributed by atoms with van der Waals surface area (Å²) < 4.78 is 61.5. The molecular formula is C29H34F4N2O2. The minimum absolute atomic E-state index is 0.0505. The first kappa shape index (κ1) is 26.0. The topological polar surface area (TPSA) is 32.8 Å². The van der Waals surface area contributed by atoms with E-state index in [1.165, 1.54) is 31.4 Å². The van der Waals surface area contributed by atoms with Crippen molar-refractivity contribution in [3.8, 4) is 5.75 Å². The predicted molar refractivity (Wildman–Crippen MR) is 133 cm³/mol. The fourth-order valence-electron chi connectivity index (χ4n) is 5.84. The molecule has 3 aliphatic rings. The predicted octanol–water partition coefficient (Wildman–Crippen LogP) is 6.03. The fraction of sp³-hybridized carbons (Fsp3) is 0.552. The van der Waals surface area contributed by atoms with Crippen molar-refractivity contribution in [1.82, 2.24) is 9.80 Å². The minimum atomic E-state index is -4.96. The molecule has 2 aromatic rings. The number of carbonyl (C=O) groups is 1. The van der Waals surface area contributed by atoms with E-state index in [4.69, 9.17) is 4.74 Å². The Kier molecular flexibility index (Phi) is 7.48. The summed E-state index contributed by atoms with van der Waals surface area (Å²) in [7, 11) is 0. The van der Waals surface area contributed by atoms with E-state index in [1.807, 2.05) is 30.3 Å². The van der Waals surface area contributed by atoms with Gasteiger partial charge in [0.15, 0.2) is 11.6 Å². The van der Waals surface area contributed by atoms with Crippen LogP contribution in [0.3, 0.4) is 0 Å². The van der Waals surface area contributed by atoms with Crippen molar-refractivity contribution < 1.29 is 27.1 Å². The van der Waals surface area contributed by atoms with Gasteiger partial charge in [0.05, 0.1) is 6.61 Å². The molecular weight excluding hydrogens is 484 g/mol. The Morgan fingerprint density at radius 1 is 1.03 bits per heavy atom. The average molecular weight is 519 g/mol. The van der Waals surface area contributed by atoms with Crippen LogP contribution in [0.25, 0.3) is 0 Å². The molecule has 2 saturated carbocycles. The standard InChI is InChI=1S/C29H34F4N2O2/c30-24-11-4-5-12-26(24)37-20-28(13-15-34(16-14-28)18-21-7-6-8-21)19-35(27(36)29(31,32)33)25-17-23(25)22-9-2-1-3-10-22/h1-5,9-12,21,23,25H,6-8,13-20H2/t23-,25+/m0/s1. The molecule has 1 aliphatic heterocycles. The van der Waals surface area contributed by atoms with Gasteiger partial charge in [-0.3, -0.25) is 4.79 Å². The maximum absolute atomic E-state index is 14.3. The number of likely N-dealkylation sites (tertiary alicyclic amines) is 1. The third kappa shape index (κ3) is 6.11. The summed E-state index contributed by atoms with van der Waals surface area (Å²) in [6, 6.07) is 15.0. The summed E-state index contributed by atoms with van der Waals surface area (Å²) in [5, 5.41) is 0. The zero-order valence-corrected chi connectivity index (χ0v) is 20.9. The van der Waals surface area contributed by atoms with Gasteiger partial charge in [0.25, 0.3) is 0 Å². The van der Waals surface area contributed by atoms with Gasteiger partial charge in [-0.15, -0.1) is 0 Å². The lowest BCUT2D eigenvalue weighted by molar-refractivity contribution is -0.188. The van der Waals surface area contributed by atoms with Crippen LogP contribution in [0, 0.1) is 17.2 Å². The van der Waals surface area contributed by atoms with Crippen molar-refractivity contribution in [3.05, 3.63) is 66.0 Å². The highest BCUT2D eigenvalue weighted by molar-refractivity contribution is 5.82. The second-order valence-corrected chi connectivity index (χ2v) is 11.1. The van der Waals surface area contributed by atoms with Crippen molar-refractivity contribution >= 4 is 5.91 Å². The molecule has 5 rings (SSSR count). The molecule has 8 heteroatoms. The van der Waals surface area contributed by atoms with Crippen molar-refractivity contribution in [2.24, 2.45) is 11.3 Å². The van der Waals surface area contributed by atoms with Crippen LogP contribution in [-0.4, -0.2) is 60.7 Å². The summed E-state index contributed by atoms with van der Waals surface area (Å²) in [5.41, 5.74) is 0.253. The van der Waals surface area contributed by atoms with E-state index < -0.39 is 29.4 Å². The number of para-hydroxylation sites is 1. The third-order valence-electron chi connectivity index (χ3n) is 8.42. The molecule has 37 heavy (non-hydrogen) atoms. The number of nitrogens with zero attached hydrogens (tertiary/aromatic N) is 2. The molecule has 0 radical (unpaired) electrons. The van der Waals surface area contributed by atoms with Gasteiger partial charge >= 0.3 is 12.1 Å². The van der Waals surface area contributed by atoms with E-state index in [0.717, 1.165) is 30.1 Å². The average Bonchev–Trinajstić information content (AvgIpc) is 3.66. The first-order valence-corrected chi connectivity index (χ1v) is 13.3. The van der Waals surface area contributed by atoms with Gasteiger partial charge < -0.3 is 14.5 Å². The molecule has 1 heterocycles. The van der Waals surface area contributed by atoms with Crippen LogP contribution in [0.2, 0.25) is 0 Å². The molecule has 0 N–H and O–H groups in total. The van der Waals surface area contributed by atoms with Gasteiger partial charge in [0.2, 0.25) is 0 Å². The van der Waals surface area contributed by atoms with Crippen molar-refractivity contribution in [1.29, 1.82) is 0 Å². The van der Waals surface area contributed by atoms with Crippen LogP contribution >= 0.6 is 0 Å². The number of benzene rings is 2. The normalized spacial score (nSPS) is 23.8. The first-order chi connectivity index (χ1) is 17.7. The van der Waals surface area contributed by atoms with Crippen molar-refractivity contribution in [2.75, 3.05) is 32.8 Å². The van der Waals surface area contributed by atoms with Crippen LogP contribution in [0.15, 0.2) is 54.6 Å². The number of halogens is 4. The Morgan fingerprint density at radius 2 is 1.70 bits per heavy atom. The molecule has 0 bridgehead atoms. The Balaban J connectivity index is 1.36. The highest BCUT2D eigenvalue weighted by Gasteiger charge is 2.54. The summed E-state index contributed by atoms with van der Waals surface area (Å²) >= 11 is 0. The molecule has 2 atom stereocenters. The summed E-state index contributed by atoms with van der Waals surface area (Å²) in [6.07, 6.45) is 0.462. The van der Waals surface area contributed by atoms with Gasteiger partial charge in [-0.25, -0.2) is 4.39 Å². The van der Waals surface area contributed by atoms with E-state index in [2.05, 4.69) is 4.90 Å². The second-order valence-electron chi connectivity index (χ2n) is 11.1. The molecule has 0 spiro atoms. The zero-order valence-electron chi connectivity index (χ0n) is 20.9. The molecule has 0 unspecified atom stereocenters. The van der Waals surface area contributed by atoms with Crippen LogP contribution in [0.5, 0.6) is 5.75 Å². The van der Waals surface area contributed by atoms with E-state index in [-0.39, 0.29) is 24.8 Å². The number of piperidine rings is 1. The largest absolute Gasteiger partial charge is 0.490 e. The Morgan fingerprint density at radius 3 is 2.32 bits per heavy atom. The van der Waals surface area contributed by atoms with Crippen molar-refractivity contribution in [2.45, 2.75) is 56.7 Å². The van der Waals surface area contributed by atoms with Gasteiger partial charge in [-0.2, -0.15) is 13.2 Å². The van der Waals surface area contributed by atoms with Gasteiger partial charge in [-0.05, 0) is 68.8 Å². The minimum Gasteiger partial charge on any atom is -0.490 e. The fourth-order valence-corrected chi connectivity index (χ4v) is 5.84. The molecule has 3 fully saturated rings. The van der Waals surface area contributed by atoms with Gasteiger partial charge in [0, 0.05) is 30.5 Å². The number of carbonyl (C=O) groups excluding carboxylic acids is 1. The van der Waals surface area contributed by atoms with E-state index in [9.17, 15) is 22.4 Å². The number of rotatable bonds is 9. The summed E-state index contributed by atoms with van der Waals surface area (Å²) in [6.45, 7) is 2.49. The van der Waals surface area contributed by atoms with E-state index in [1.54, 1.807) is 12.1 Å². The number of ether oxygens (including phenoxy) is 1. The molecule has 4 nitrogen and oxygen atoms in total. The quantitative estimate of drug-likeness (QED) is 0.380. The van der Waals surface area contributed by atoms with Crippen molar-refractivity contribution in [3.63, 3.8) is 0 Å². The lowest BCUT2D eigenvalue weighted by Crippen LogP contribution is -2.54. The van der Waals surface area contributed by atoms with Crippen LogP contribution in [0.1, 0.15) is 50.0 Å². The van der Waals surface area contributed by atoms with Crippen LogP contribution in [0.4, 0.5) is 17.6 Å². The van der Waals surface area contributed by atoms with Gasteiger partial charge in [-0.1, -0.05) is 48.9 Å². The Bertz CT molecular complexity index is 1070. The lowest BCUT2D eigenvalue weighted by atomic mass is 9.77. The second kappa shape index (κ2) is 10.6. The zero-order chi connectivity index (χ0) is 26.0. The lowest BCUT2D eigenvalue weighted by Gasteiger charge is -2.45. The maximum atomic E-state index is 14.3. The highest BCUT2D eigenvalue weighted by atomic mass is 19.4. The smallest absolute Gasteiger partial charge is 0.471 e. The van der Waals surface area contributed by atoms with Crippen LogP contribution < -0.4 is 4.74 Å². The molecule has 1 amide bonds. The summed E-state index contributed by atoms with van der Waals surface area (Å²) in [4.78, 5) is 16.1. The molecule has 0 aromatic heterocycles. The molecule has 200 valence electrons. The van der Waals surface area contributed by atoms with Crippen LogP contribution in [-0.2, 0) is 4.79 Å². The molecule has 2 aromatic carbocycles. The summed E-state index contributed by atoms with van der Waals surface area (Å²) in [5.74, 6) is -1.63. The number of hydrogen-bond donors (Lipinski definition) is 0. The molecule has 2 aliphatic carbocycles. The highest BCUT2D eigenvalue weighted by Crippen LogP contribution is 2.48. The molecule has 1 saturated heterocycles. The van der Waals surface area contributed by atoms with E-state index >= 15 is 0 Å². The number of amides is 1. The third-order valence-corrected chi connectivity index (χ3v) is 8.42. The maximum Gasteiger partial charge on any atom is 0.471 e. The van der Waals surface area contributed by atoms with E-state index in [0.29, 0.717) is 25.2 Å². The Hall–Kier alpha value is -2.61. The SMILES string of the molecule is O=C(N(CC1(COc2ccccc2F)CCN(CC2CCC2)CC1)[C@@H]1C[C@H]1c1ccccc1)C(F)(F)F. The van der Waals surface area contributed by atoms with Gasteiger partial charge in [0.1, 0.15) is 0 Å². The number of hydrogen-bond acceptors (Lipinski definition) is 3. The number of alkyl halides is 3. The Labute approximate surface area is 215 Å².